The summed E-state index contributed by atoms with van der Waals surface area (Å²) in [7, 11) is 0. The predicted octanol–water partition coefficient (Wildman–Crippen LogP) is 4.08. The zero-order valence-electron chi connectivity index (χ0n) is 19.8. The van der Waals surface area contributed by atoms with Crippen LogP contribution in [0.15, 0.2) is 52.4 Å². The lowest BCUT2D eigenvalue weighted by atomic mass is 10.1. The summed E-state index contributed by atoms with van der Waals surface area (Å²) in [5.41, 5.74) is 0.959. The van der Waals surface area contributed by atoms with Gasteiger partial charge in [-0.05, 0) is 61.2 Å². The third-order valence-corrected chi connectivity index (χ3v) is 6.74. The van der Waals surface area contributed by atoms with Gasteiger partial charge in [-0.2, -0.15) is 0 Å². The molecule has 0 radical (unpaired) electrons. The first-order chi connectivity index (χ1) is 16.8. The molecule has 3 aromatic rings. The van der Waals surface area contributed by atoms with Gasteiger partial charge in [-0.3, -0.25) is 19.0 Å². The fraction of sp³-hybridized carbons (Fsp3) is 0.385. The molecule has 2 heterocycles. The van der Waals surface area contributed by atoms with Gasteiger partial charge in [0, 0.05) is 24.3 Å². The second kappa shape index (κ2) is 11.1. The highest BCUT2D eigenvalue weighted by Gasteiger charge is 2.21. The van der Waals surface area contributed by atoms with Crippen LogP contribution in [0.5, 0.6) is 0 Å². The monoisotopic (exact) mass is 497 g/mol. The number of ketones is 1. The maximum Gasteiger partial charge on any atom is 0.262 e. The van der Waals surface area contributed by atoms with Gasteiger partial charge in [0.05, 0.1) is 29.3 Å². The number of thioether (sulfide) groups is 1. The van der Waals surface area contributed by atoms with E-state index in [4.69, 9.17) is 4.74 Å². The number of hydrogen-bond donors (Lipinski definition) is 1. The number of amides is 1. The Labute approximate surface area is 207 Å². The second-order valence-corrected chi connectivity index (χ2v) is 9.94. The van der Waals surface area contributed by atoms with E-state index in [1.54, 1.807) is 22.8 Å². The normalized spacial score (nSPS) is 15.6. The fourth-order valence-electron chi connectivity index (χ4n) is 3.85. The van der Waals surface area contributed by atoms with Crippen molar-refractivity contribution >= 4 is 34.4 Å². The molecule has 0 spiro atoms. The van der Waals surface area contributed by atoms with Crippen LogP contribution in [0.3, 0.4) is 0 Å². The molecule has 1 atom stereocenters. The van der Waals surface area contributed by atoms with Crippen molar-refractivity contribution in [2.75, 3.05) is 18.9 Å². The number of fused-ring (bicyclic) bond motifs is 1. The van der Waals surface area contributed by atoms with E-state index >= 15 is 0 Å². The van der Waals surface area contributed by atoms with E-state index in [0.717, 1.165) is 24.6 Å². The summed E-state index contributed by atoms with van der Waals surface area (Å²) in [5.74, 6) is -0.501. The molecule has 1 amide bonds. The average Bonchev–Trinajstić information content (AvgIpc) is 3.36. The molecule has 4 rings (SSSR count). The van der Waals surface area contributed by atoms with Gasteiger partial charge in [0.1, 0.15) is 5.82 Å². The summed E-state index contributed by atoms with van der Waals surface area (Å²) in [6, 6.07) is 10.2. The van der Waals surface area contributed by atoms with E-state index < -0.39 is 5.82 Å². The van der Waals surface area contributed by atoms with E-state index in [1.165, 1.54) is 24.3 Å². The number of nitrogens with one attached hydrogen (secondary N) is 1. The first kappa shape index (κ1) is 25.1. The van der Waals surface area contributed by atoms with Gasteiger partial charge in [0.25, 0.3) is 11.5 Å². The van der Waals surface area contributed by atoms with E-state index in [9.17, 15) is 18.8 Å². The number of aromatic nitrogens is 2. The summed E-state index contributed by atoms with van der Waals surface area (Å²) in [6.45, 7) is 5.55. The number of Topliss-reactive ketones (excluding diaryl/α,β-unsaturated/α-hetero) is 1. The molecule has 9 heteroatoms. The number of hydrogen-bond acceptors (Lipinski definition) is 6. The first-order valence-corrected chi connectivity index (χ1v) is 12.7. The van der Waals surface area contributed by atoms with Gasteiger partial charge >= 0.3 is 0 Å². The molecule has 2 aromatic carbocycles. The summed E-state index contributed by atoms with van der Waals surface area (Å²) in [6.07, 6.45) is 1.68. The Balaban J connectivity index is 1.65. The molecule has 7 nitrogen and oxygen atoms in total. The minimum Gasteiger partial charge on any atom is -0.376 e. The largest absolute Gasteiger partial charge is 0.376 e. The highest BCUT2D eigenvalue weighted by atomic mass is 32.2. The number of ether oxygens (including phenoxy) is 1. The van der Waals surface area contributed by atoms with Crippen LogP contribution in [0.25, 0.3) is 10.9 Å². The summed E-state index contributed by atoms with van der Waals surface area (Å²) in [5, 5.41) is 3.65. The van der Waals surface area contributed by atoms with Crippen LogP contribution in [-0.2, 0) is 11.3 Å². The Morgan fingerprint density at radius 1 is 1.20 bits per heavy atom. The third kappa shape index (κ3) is 6.15. The van der Waals surface area contributed by atoms with Gasteiger partial charge in [-0.15, -0.1) is 0 Å². The molecular weight excluding hydrogens is 469 g/mol. The highest BCUT2D eigenvalue weighted by Crippen LogP contribution is 2.23. The van der Waals surface area contributed by atoms with Crippen molar-refractivity contribution in [1.29, 1.82) is 0 Å². The topological polar surface area (TPSA) is 90.3 Å². The standard InChI is InChI=1S/C26H28FN3O4S/c1-16(2)13-28-24(32)18-7-10-21-22(12-18)29-26(30(25(21)33)14-20-4-3-11-34-20)35-15-23(31)17-5-8-19(27)9-6-17/h5-10,12,16,20H,3-4,11,13-15H2,1-2H3,(H,28,32)/t20-/m1/s1. The van der Waals surface area contributed by atoms with Gasteiger partial charge in [-0.1, -0.05) is 25.6 Å². The third-order valence-electron chi connectivity index (χ3n) is 5.76. The molecule has 1 aliphatic rings. The molecule has 184 valence electrons. The average molecular weight is 498 g/mol. The molecule has 0 unspecified atom stereocenters. The lowest BCUT2D eigenvalue weighted by Crippen LogP contribution is -2.30. The Kier molecular flexibility index (Phi) is 7.97. The Morgan fingerprint density at radius 2 is 1.94 bits per heavy atom. The summed E-state index contributed by atoms with van der Waals surface area (Å²) in [4.78, 5) is 43.3. The van der Waals surface area contributed by atoms with E-state index in [0.29, 0.717) is 52.8 Å². The zero-order chi connectivity index (χ0) is 24.9. The number of carbonyl (C=O) groups is 2. The Morgan fingerprint density at radius 3 is 2.63 bits per heavy atom. The van der Waals surface area contributed by atoms with Crippen molar-refractivity contribution < 1.29 is 18.7 Å². The molecule has 35 heavy (non-hydrogen) atoms. The molecule has 0 bridgehead atoms. The summed E-state index contributed by atoms with van der Waals surface area (Å²) >= 11 is 1.15. The molecule has 1 saturated heterocycles. The van der Waals surface area contributed by atoms with Crippen LogP contribution in [-0.4, -0.2) is 46.2 Å². The van der Waals surface area contributed by atoms with Crippen LogP contribution < -0.4 is 10.9 Å². The van der Waals surface area contributed by atoms with Crippen molar-refractivity contribution in [2.24, 2.45) is 5.92 Å². The lowest BCUT2D eigenvalue weighted by molar-refractivity contribution is 0.0937. The molecule has 1 fully saturated rings. The van der Waals surface area contributed by atoms with Crippen molar-refractivity contribution in [2.45, 2.75) is 44.5 Å². The van der Waals surface area contributed by atoms with Gasteiger partial charge in [0.15, 0.2) is 10.9 Å². The number of benzene rings is 2. The number of nitrogens with zero attached hydrogens (tertiary/aromatic N) is 2. The van der Waals surface area contributed by atoms with Gasteiger partial charge in [-0.25, -0.2) is 9.37 Å². The molecule has 1 aromatic heterocycles. The quantitative estimate of drug-likeness (QED) is 0.272. The molecule has 0 saturated carbocycles. The maximum absolute atomic E-state index is 13.4. The minimum atomic E-state index is -0.413. The fourth-order valence-corrected chi connectivity index (χ4v) is 4.76. The second-order valence-electron chi connectivity index (χ2n) is 9.00. The molecule has 1 N–H and O–H groups in total. The van der Waals surface area contributed by atoms with Crippen molar-refractivity contribution in [1.82, 2.24) is 14.9 Å². The number of halogens is 1. The Bertz CT molecular complexity index is 1280. The van der Waals surface area contributed by atoms with Crippen molar-refractivity contribution in [3.05, 3.63) is 69.8 Å². The van der Waals surface area contributed by atoms with Crippen LogP contribution in [0.2, 0.25) is 0 Å². The smallest absolute Gasteiger partial charge is 0.262 e. The lowest BCUT2D eigenvalue weighted by Gasteiger charge is -2.16. The number of carbonyl (C=O) groups excluding carboxylic acids is 2. The molecule has 0 aliphatic carbocycles. The van der Waals surface area contributed by atoms with Crippen molar-refractivity contribution in [3.8, 4) is 0 Å². The van der Waals surface area contributed by atoms with Crippen LogP contribution >= 0.6 is 11.8 Å². The van der Waals surface area contributed by atoms with Crippen molar-refractivity contribution in [3.63, 3.8) is 0 Å². The molecular formula is C26H28FN3O4S. The molecule has 1 aliphatic heterocycles. The number of rotatable bonds is 9. The van der Waals surface area contributed by atoms with E-state index in [1.807, 2.05) is 13.8 Å². The highest BCUT2D eigenvalue weighted by molar-refractivity contribution is 7.99. The Hall–Kier alpha value is -3.04. The van der Waals surface area contributed by atoms with Crippen LogP contribution in [0, 0.1) is 11.7 Å². The maximum atomic E-state index is 13.4. The van der Waals surface area contributed by atoms with E-state index in [2.05, 4.69) is 10.3 Å². The first-order valence-electron chi connectivity index (χ1n) is 11.7. The zero-order valence-corrected chi connectivity index (χ0v) is 20.6. The van der Waals surface area contributed by atoms with Gasteiger partial charge < -0.3 is 10.1 Å². The predicted molar refractivity (Wildman–Crippen MR) is 134 cm³/mol. The van der Waals surface area contributed by atoms with Crippen LogP contribution in [0.4, 0.5) is 4.39 Å². The SMILES string of the molecule is CC(C)CNC(=O)c1ccc2c(=O)n(C[C@H]3CCCO3)c(SCC(=O)c3ccc(F)cc3)nc2c1. The van der Waals surface area contributed by atoms with E-state index in [-0.39, 0.29) is 29.1 Å². The minimum absolute atomic E-state index is 0.0314. The van der Waals surface area contributed by atoms with Gasteiger partial charge in [0.2, 0.25) is 0 Å². The van der Waals surface area contributed by atoms with Crippen LogP contribution in [0.1, 0.15) is 47.4 Å². The summed E-state index contributed by atoms with van der Waals surface area (Å²) < 4.78 is 20.5.